The van der Waals surface area contributed by atoms with E-state index in [9.17, 15) is 13.2 Å². The highest BCUT2D eigenvalue weighted by atomic mass is 32.2. The topological polar surface area (TPSA) is 95.8 Å². The van der Waals surface area contributed by atoms with Crippen molar-refractivity contribution in [3.05, 3.63) is 54.1 Å². The number of nitrogens with one attached hydrogen (secondary N) is 1. The van der Waals surface area contributed by atoms with Crippen molar-refractivity contribution in [2.45, 2.75) is 37.6 Å². The SMILES string of the molecule is CCN(CC)S(=O)(=O)c1ccc(C(=O)NCC2CCCN2c2nc3ccccc3o2)cc1. The van der Waals surface area contributed by atoms with E-state index in [1.165, 1.54) is 16.4 Å². The Balaban J connectivity index is 1.41. The molecule has 1 amide bonds. The Kier molecular flexibility index (Phi) is 6.48. The minimum absolute atomic E-state index is 0.0920. The van der Waals surface area contributed by atoms with E-state index < -0.39 is 10.0 Å². The molecule has 0 bridgehead atoms. The number of fused-ring (bicyclic) bond motifs is 1. The molecule has 0 spiro atoms. The van der Waals surface area contributed by atoms with E-state index in [1.807, 2.05) is 24.3 Å². The van der Waals surface area contributed by atoms with Crippen LogP contribution in [0.3, 0.4) is 0 Å². The lowest BCUT2D eigenvalue weighted by atomic mass is 10.2. The molecule has 1 atom stereocenters. The number of carbonyl (C=O) groups is 1. The van der Waals surface area contributed by atoms with Crippen LogP contribution >= 0.6 is 0 Å². The number of aromatic nitrogens is 1. The Labute approximate surface area is 188 Å². The Morgan fingerprint density at radius 1 is 1.16 bits per heavy atom. The minimum atomic E-state index is -3.54. The summed E-state index contributed by atoms with van der Waals surface area (Å²) in [6.45, 7) is 5.69. The fraction of sp³-hybridized carbons (Fsp3) is 0.391. The number of rotatable bonds is 8. The van der Waals surface area contributed by atoms with Crippen LogP contribution in [-0.4, -0.2) is 55.8 Å². The molecule has 1 N–H and O–H groups in total. The van der Waals surface area contributed by atoms with E-state index in [0.717, 1.165) is 30.5 Å². The number of nitrogens with zero attached hydrogens (tertiary/aromatic N) is 3. The molecule has 170 valence electrons. The Morgan fingerprint density at radius 3 is 2.56 bits per heavy atom. The monoisotopic (exact) mass is 456 g/mol. The lowest BCUT2D eigenvalue weighted by molar-refractivity contribution is 0.0951. The smallest absolute Gasteiger partial charge is 0.298 e. The molecular formula is C23H28N4O4S. The lowest BCUT2D eigenvalue weighted by Gasteiger charge is -2.23. The van der Waals surface area contributed by atoms with Gasteiger partial charge in [0, 0.05) is 31.7 Å². The van der Waals surface area contributed by atoms with Gasteiger partial charge in [-0.15, -0.1) is 0 Å². The van der Waals surface area contributed by atoms with Gasteiger partial charge in [-0.3, -0.25) is 4.79 Å². The first-order chi connectivity index (χ1) is 15.4. The molecule has 0 saturated carbocycles. The van der Waals surface area contributed by atoms with Crippen LogP contribution in [-0.2, 0) is 10.0 Å². The standard InChI is InChI=1S/C23H28N4O4S/c1-3-26(4-2)32(29,30)19-13-11-17(12-14-19)22(28)24-16-18-8-7-15-27(18)23-25-20-9-5-6-10-21(20)31-23/h5-6,9-14,18H,3-4,7-8,15-16H2,1-2H3,(H,24,28). The van der Waals surface area contributed by atoms with Gasteiger partial charge in [-0.05, 0) is 49.2 Å². The number of hydrogen-bond acceptors (Lipinski definition) is 6. The number of sulfonamides is 1. The van der Waals surface area contributed by atoms with E-state index in [4.69, 9.17) is 4.42 Å². The lowest BCUT2D eigenvalue weighted by Crippen LogP contribution is -2.40. The first-order valence-corrected chi connectivity index (χ1v) is 12.4. The second-order valence-electron chi connectivity index (χ2n) is 7.78. The molecule has 1 unspecified atom stereocenters. The molecule has 32 heavy (non-hydrogen) atoms. The Bertz CT molecular complexity index is 1150. The number of hydrogen-bond donors (Lipinski definition) is 1. The summed E-state index contributed by atoms with van der Waals surface area (Å²) in [5, 5.41) is 2.97. The summed E-state index contributed by atoms with van der Waals surface area (Å²) in [5.74, 6) is -0.235. The molecule has 8 nitrogen and oxygen atoms in total. The highest BCUT2D eigenvalue weighted by Gasteiger charge is 2.29. The second-order valence-corrected chi connectivity index (χ2v) is 9.72. The maximum Gasteiger partial charge on any atom is 0.298 e. The third-order valence-electron chi connectivity index (χ3n) is 5.86. The van der Waals surface area contributed by atoms with Crippen LogP contribution in [0.1, 0.15) is 37.0 Å². The summed E-state index contributed by atoms with van der Waals surface area (Å²) in [7, 11) is -3.54. The molecule has 4 rings (SSSR count). The fourth-order valence-corrected chi connectivity index (χ4v) is 5.54. The summed E-state index contributed by atoms with van der Waals surface area (Å²) in [4.78, 5) is 19.5. The third-order valence-corrected chi connectivity index (χ3v) is 7.93. The number of benzene rings is 2. The number of anilines is 1. The van der Waals surface area contributed by atoms with E-state index >= 15 is 0 Å². The van der Waals surface area contributed by atoms with Crippen molar-refractivity contribution in [1.82, 2.24) is 14.6 Å². The number of para-hydroxylation sites is 2. The highest BCUT2D eigenvalue weighted by molar-refractivity contribution is 7.89. The molecular weight excluding hydrogens is 428 g/mol. The maximum absolute atomic E-state index is 12.7. The first-order valence-electron chi connectivity index (χ1n) is 10.9. The van der Waals surface area contributed by atoms with Crippen molar-refractivity contribution in [3.63, 3.8) is 0 Å². The minimum Gasteiger partial charge on any atom is -0.423 e. The van der Waals surface area contributed by atoms with E-state index in [-0.39, 0.29) is 16.8 Å². The molecule has 1 fully saturated rings. The number of carbonyl (C=O) groups excluding carboxylic acids is 1. The highest BCUT2D eigenvalue weighted by Crippen LogP contribution is 2.28. The zero-order chi connectivity index (χ0) is 22.7. The van der Waals surface area contributed by atoms with Crippen LogP contribution in [0.5, 0.6) is 0 Å². The van der Waals surface area contributed by atoms with Gasteiger partial charge in [-0.25, -0.2) is 8.42 Å². The predicted molar refractivity (Wildman–Crippen MR) is 123 cm³/mol. The van der Waals surface area contributed by atoms with Crippen molar-refractivity contribution < 1.29 is 17.6 Å². The largest absolute Gasteiger partial charge is 0.423 e. The molecule has 1 aromatic heterocycles. The van der Waals surface area contributed by atoms with E-state index in [2.05, 4.69) is 15.2 Å². The van der Waals surface area contributed by atoms with Crippen molar-refractivity contribution in [2.75, 3.05) is 31.1 Å². The summed E-state index contributed by atoms with van der Waals surface area (Å²) in [6, 6.07) is 14.4. The summed E-state index contributed by atoms with van der Waals surface area (Å²) >= 11 is 0. The summed E-state index contributed by atoms with van der Waals surface area (Å²) in [5.41, 5.74) is 1.99. The summed E-state index contributed by atoms with van der Waals surface area (Å²) < 4.78 is 32.5. The first kappa shape index (κ1) is 22.3. The molecule has 0 radical (unpaired) electrons. The Hall–Kier alpha value is -2.91. The number of amides is 1. The van der Waals surface area contributed by atoms with Gasteiger partial charge in [-0.2, -0.15) is 9.29 Å². The van der Waals surface area contributed by atoms with Crippen LogP contribution in [0.25, 0.3) is 11.1 Å². The van der Waals surface area contributed by atoms with Gasteiger partial charge in [0.2, 0.25) is 10.0 Å². The van der Waals surface area contributed by atoms with Gasteiger partial charge < -0.3 is 14.6 Å². The van der Waals surface area contributed by atoms with E-state index in [0.29, 0.717) is 31.2 Å². The molecule has 3 aromatic rings. The van der Waals surface area contributed by atoms with Crippen molar-refractivity contribution in [3.8, 4) is 0 Å². The van der Waals surface area contributed by atoms with Gasteiger partial charge in [0.05, 0.1) is 10.9 Å². The summed E-state index contributed by atoms with van der Waals surface area (Å²) in [6.07, 6.45) is 1.93. The zero-order valence-corrected chi connectivity index (χ0v) is 19.1. The molecule has 0 aliphatic carbocycles. The van der Waals surface area contributed by atoms with Crippen LogP contribution in [0.15, 0.2) is 57.8 Å². The van der Waals surface area contributed by atoms with Gasteiger partial charge in [0.1, 0.15) is 5.52 Å². The normalized spacial score (nSPS) is 16.7. The zero-order valence-electron chi connectivity index (χ0n) is 18.3. The molecule has 9 heteroatoms. The predicted octanol–water partition coefficient (Wildman–Crippen LogP) is 3.26. The van der Waals surface area contributed by atoms with E-state index in [1.54, 1.807) is 26.0 Å². The van der Waals surface area contributed by atoms with Crippen LogP contribution in [0.4, 0.5) is 6.01 Å². The number of oxazole rings is 1. The van der Waals surface area contributed by atoms with Crippen LogP contribution in [0, 0.1) is 0 Å². The molecule has 1 aliphatic heterocycles. The quantitative estimate of drug-likeness (QED) is 0.559. The Morgan fingerprint density at radius 2 is 1.88 bits per heavy atom. The van der Waals surface area contributed by atoms with Crippen molar-refractivity contribution >= 4 is 33.0 Å². The molecule has 2 aromatic carbocycles. The average Bonchev–Trinajstić information content (AvgIpc) is 3.44. The van der Waals surface area contributed by atoms with Crippen LogP contribution in [0.2, 0.25) is 0 Å². The van der Waals surface area contributed by atoms with Crippen molar-refractivity contribution in [1.29, 1.82) is 0 Å². The fourth-order valence-electron chi connectivity index (χ4n) is 4.09. The molecule has 1 aliphatic rings. The average molecular weight is 457 g/mol. The van der Waals surface area contributed by atoms with Gasteiger partial charge in [0.15, 0.2) is 5.58 Å². The third kappa shape index (κ3) is 4.35. The van der Waals surface area contributed by atoms with Gasteiger partial charge in [-0.1, -0.05) is 26.0 Å². The molecule has 1 saturated heterocycles. The van der Waals surface area contributed by atoms with Crippen molar-refractivity contribution in [2.24, 2.45) is 0 Å². The van der Waals surface area contributed by atoms with Gasteiger partial charge >= 0.3 is 0 Å². The second kappa shape index (κ2) is 9.30. The molecule has 2 heterocycles. The van der Waals surface area contributed by atoms with Gasteiger partial charge in [0.25, 0.3) is 11.9 Å². The van der Waals surface area contributed by atoms with Crippen LogP contribution < -0.4 is 10.2 Å². The maximum atomic E-state index is 12.7.